The summed E-state index contributed by atoms with van der Waals surface area (Å²) in [5.74, 6) is 0. The largest absolute Gasteiger partial charge is 0.444 e. The minimum atomic E-state index is -0.467. The van der Waals surface area contributed by atoms with Crippen LogP contribution in [-0.2, 0) is 17.6 Å². The van der Waals surface area contributed by atoms with Gasteiger partial charge < -0.3 is 14.6 Å². The number of aromatic nitrogens is 1. The number of benzene rings is 1. The molecular formula is C19H24N2O2. The van der Waals surface area contributed by atoms with Crippen molar-refractivity contribution in [3.8, 4) is 0 Å². The van der Waals surface area contributed by atoms with Crippen molar-refractivity contribution in [3.05, 3.63) is 47.7 Å². The lowest BCUT2D eigenvalue weighted by Crippen LogP contribution is -2.38. The third-order valence-electron chi connectivity index (χ3n) is 4.00. The number of hydrogen-bond acceptors (Lipinski definition) is 2. The molecule has 0 spiro atoms. The molecule has 23 heavy (non-hydrogen) atoms. The molecule has 0 aliphatic carbocycles. The summed E-state index contributed by atoms with van der Waals surface area (Å²) in [6.07, 6.45) is 5.62. The summed E-state index contributed by atoms with van der Waals surface area (Å²) in [6.45, 7) is 6.95. The van der Waals surface area contributed by atoms with Gasteiger partial charge in [-0.2, -0.15) is 0 Å². The number of ether oxygens (including phenoxy) is 1. The number of nitrogens with one attached hydrogen (secondary N) is 1. The molecule has 1 aromatic carbocycles. The van der Waals surface area contributed by atoms with E-state index in [1.165, 1.54) is 16.6 Å². The molecule has 0 bridgehead atoms. The molecule has 2 heterocycles. The van der Waals surface area contributed by atoms with Gasteiger partial charge in [0.05, 0.1) is 0 Å². The first-order valence-corrected chi connectivity index (χ1v) is 8.15. The van der Waals surface area contributed by atoms with Crippen LogP contribution in [0.3, 0.4) is 0 Å². The molecule has 1 aromatic heterocycles. The number of allylic oxidation sites excluding steroid dienone is 1. The predicted octanol–water partition coefficient (Wildman–Crippen LogP) is 4.06. The highest BCUT2D eigenvalue weighted by Gasteiger charge is 2.22. The first-order valence-electron chi connectivity index (χ1n) is 8.15. The number of rotatable bonds is 0. The standard InChI is InChI=1S/C19H24N2O2/c1-19(2,3)23-18(22)21-12-7-6-10-17-15(11-13-21)14-8-4-5-9-16(14)20-17/h4-9,20H,10-13H2,1-3H3/b7-6-. The van der Waals surface area contributed by atoms with E-state index in [4.69, 9.17) is 4.74 Å². The maximum atomic E-state index is 12.4. The van der Waals surface area contributed by atoms with Crippen LogP contribution in [0, 0.1) is 0 Å². The summed E-state index contributed by atoms with van der Waals surface area (Å²) in [6, 6.07) is 8.35. The van der Waals surface area contributed by atoms with Crippen LogP contribution in [0.1, 0.15) is 32.0 Å². The van der Waals surface area contributed by atoms with Crippen LogP contribution in [0.25, 0.3) is 10.9 Å². The van der Waals surface area contributed by atoms with Crippen LogP contribution in [0.4, 0.5) is 4.79 Å². The average molecular weight is 312 g/mol. The SMILES string of the molecule is CC(C)(C)OC(=O)N1C/C=C\Cc2[nH]c3ccccc3c2CC1. The van der Waals surface area contributed by atoms with Crippen molar-refractivity contribution in [3.63, 3.8) is 0 Å². The first-order chi connectivity index (χ1) is 10.9. The van der Waals surface area contributed by atoms with Crippen molar-refractivity contribution in [1.29, 1.82) is 0 Å². The van der Waals surface area contributed by atoms with Gasteiger partial charge in [0, 0.05) is 36.1 Å². The number of fused-ring (bicyclic) bond motifs is 3. The first kappa shape index (κ1) is 15.7. The van der Waals surface area contributed by atoms with Gasteiger partial charge >= 0.3 is 6.09 Å². The van der Waals surface area contributed by atoms with Crippen molar-refractivity contribution < 1.29 is 9.53 Å². The molecule has 1 aliphatic heterocycles. The van der Waals surface area contributed by atoms with Gasteiger partial charge in [-0.15, -0.1) is 0 Å². The zero-order valence-corrected chi connectivity index (χ0v) is 14.1. The van der Waals surface area contributed by atoms with Gasteiger partial charge in [-0.05, 0) is 38.8 Å². The van der Waals surface area contributed by atoms with E-state index < -0.39 is 5.60 Å². The Hall–Kier alpha value is -2.23. The van der Waals surface area contributed by atoms with Crippen LogP contribution in [-0.4, -0.2) is 34.7 Å². The number of nitrogens with zero attached hydrogens (tertiary/aromatic N) is 1. The lowest BCUT2D eigenvalue weighted by molar-refractivity contribution is 0.0274. The van der Waals surface area contributed by atoms with E-state index in [0.717, 1.165) is 18.4 Å². The van der Waals surface area contributed by atoms with E-state index in [9.17, 15) is 4.79 Å². The van der Waals surface area contributed by atoms with E-state index >= 15 is 0 Å². The summed E-state index contributed by atoms with van der Waals surface area (Å²) in [5.41, 5.74) is 3.25. The van der Waals surface area contributed by atoms with Crippen LogP contribution < -0.4 is 0 Å². The van der Waals surface area contributed by atoms with Gasteiger partial charge in [0.2, 0.25) is 0 Å². The Balaban J connectivity index is 1.85. The number of H-pyrrole nitrogens is 1. The van der Waals surface area contributed by atoms with Crippen molar-refractivity contribution in [2.24, 2.45) is 0 Å². The molecule has 4 heteroatoms. The molecule has 0 atom stereocenters. The Labute approximate surface area is 137 Å². The molecule has 1 amide bonds. The van der Waals surface area contributed by atoms with E-state index in [-0.39, 0.29) is 6.09 Å². The number of aromatic amines is 1. The number of carbonyl (C=O) groups excluding carboxylic acids is 1. The van der Waals surface area contributed by atoms with Gasteiger partial charge in [-0.3, -0.25) is 0 Å². The van der Waals surface area contributed by atoms with Crippen LogP contribution >= 0.6 is 0 Å². The normalized spacial score (nSPS) is 17.1. The highest BCUT2D eigenvalue weighted by atomic mass is 16.6. The number of para-hydroxylation sites is 1. The molecule has 0 radical (unpaired) electrons. The Morgan fingerprint density at radius 2 is 2.00 bits per heavy atom. The molecule has 122 valence electrons. The molecule has 2 aromatic rings. The van der Waals surface area contributed by atoms with Crippen molar-refractivity contribution in [1.82, 2.24) is 9.88 Å². The minimum Gasteiger partial charge on any atom is -0.444 e. The predicted molar refractivity (Wildman–Crippen MR) is 92.7 cm³/mol. The zero-order valence-electron chi connectivity index (χ0n) is 14.1. The second-order valence-electron chi connectivity index (χ2n) is 6.98. The van der Waals surface area contributed by atoms with Gasteiger partial charge in [0.25, 0.3) is 0 Å². The van der Waals surface area contributed by atoms with Crippen molar-refractivity contribution in [2.45, 2.75) is 39.2 Å². The maximum absolute atomic E-state index is 12.4. The highest BCUT2D eigenvalue weighted by Crippen LogP contribution is 2.24. The van der Waals surface area contributed by atoms with E-state index in [1.807, 2.05) is 32.9 Å². The molecule has 1 aliphatic rings. The summed E-state index contributed by atoms with van der Waals surface area (Å²) in [7, 11) is 0. The monoisotopic (exact) mass is 312 g/mol. The van der Waals surface area contributed by atoms with E-state index in [2.05, 4.69) is 29.3 Å². The second kappa shape index (κ2) is 6.11. The highest BCUT2D eigenvalue weighted by molar-refractivity contribution is 5.84. The second-order valence-corrected chi connectivity index (χ2v) is 6.98. The summed E-state index contributed by atoms with van der Waals surface area (Å²) >= 11 is 0. The van der Waals surface area contributed by atoms with Gasteiger partial charge in [0.1, 0.15) is 5.60 Å². The Morgan fingerprint density at radius 3 is 2.78 bits per heavy atom. The van der Waals surface area contributed by atoms with Crippen molar-refractivity contribution in [2.75, 3.05) is 13.1 Å². The molecule has 3 rings (SSSR count). The molecule has 0 fully saturated rings. The fourth-order valence-corrected chi connectivity index (χ4v) is 2.95. The van der Waals surface area contributed by atoms with Gasteiger partial charge in [0.15, 0.2) is 0 Å². The Morgan fingerprint density at radius 1 is 1.22 bits per heavy atom. The molecule has 4 nitrogen and oxygen atoms in total. The Bertz CT molecular complexity index is 737. The van der Waals surface area contributed by atoms with E-state index in [0.29, 0.717) is 13.1 Å². The Kier molecular flexibility index (Phi) is 4.16. The number of hydrogen-bond donors (Lipinski definition) is 1. The molecule has 0 saturated heterocycles. The summed E-state index contributed by atoms with van der Waals surface area (Å²) in [5, 5.41) is 1.25. The maximum Gasteiger partial charge on any atom is 0.410 e. The van der Waals surface area contributed by atoms with Gasteiger partial charge in [-0.25, -0.2) is 4.79 Å². The number of carbonyl (C=O) groups is 1. The fraction of sp³-hybridized carbons (Fsp3) is 0.421. The lowest BCUT2D eigenvalue weighted by atomic mass is 10.1. The average Bonchev–Trinajstić information content (AvgIpc) is 2.85. The lowest BCUT2D eigenvalue weighted by Gasteiger charge is -2.26. The third-order valence-corrected chi connectivity index (χ3v) is 4.00. The quantitative estimate of drug-likeness (QED) is 0.746. The number of amides is 1. The summed E-state index contributed by atoms with van der Waals surface area (Å²) in [4.78, 5) is 17.7. The fourth-order valence-electron chi connectivity index (χ4n) is 2.95. The van der Waals surface area contributed by atoms with Gasteiger partial charge in [-0.1, -0.05) is 30.4 Å². The van der Waals surface area contributed by atoms with Crippen LogP contribution in [0.5, 0.6) is 0 Å². The van der Waals surface area contributed by atoms with Crippen LogP contribution in [0.15, 0.2) is 36.4 Å². The third kappa shape index (κ3) is 3.58. The molecular weight excluding hydrogens is 288 g/mol. The van der Waals surface area contributed by atoms with Crippen molar-refractivity contribution >= 4 is 17.0 Å². The molecule has 0 saturated carbocycles. The minimum absolute atomic E-state index is 0.245. The van der Waals surface area contributed by atoms with E-state index in [1.54, 1.807) is 4.90 Å². The topological polar surface area (TPSA) is 45.3 Å². The molecule has 1 N–H and O–H groups in total. The van der Waals surface area contributed by atoms with Crippen LogP contribution in [0.2, 0.25) is 0 Å². The molecule has 0 unspecified atom stereocenters. The zero-order chi connectivity index (χ0) is 16.4. The summed E-state index contributed by atoms with van der Waals surface area (Å²) < 4.78 is 5.52. The smallest absolute Gasteiger partial charge is 0.410 e.